The van der Waals surface area contributed by atoms with Crippen molar-refractivity contribution in [3.63, 3.8) is 0 Å². The monoisotopic (exact) mass is 253 g/mol. The molecule has 1 aliphatic heterocycles. The summed E-state index contributed by atoms with van der Waals surface area (Å²) in [6, 6.07) is 2.19. The van der Waals surface area contributed by atoms with E-state index in [0.29, 0.717) is 6.42 Å². The molecule has 1 heterocycles. The molecular weight excluding hydrogens is 226 g/mol. The molecule has 1 fully saturated rings. The summed E-state index contributed by atoms with van der Waals surface area (Å²) in [4.78, 5) is 4.71. The van der Waals surface area contributed by atoms with Crippen LogP contribution in [0.5, 0.6) is 0 Å². The third-order valence-electron chi connectivity index (χ3n) is 3.63. The highest BCUT2D eigenvalue weighted by atomic mass is 16.3. The Balaban J connectivity index is 2.13. The zero-order valence-corrected chi connectivity index (χ0v) is 11.8. The fraction of sp³-hybridized carbons (Fsp3) is 0.929. The van der Waals surface area contributed by atoms with Crippen molar-refractivity contribution in [2.75, 3.05) is 39.8 Å². The molecule has 0 aliphatic carbocycles. The van der Waals surface area contributed by atoms with Gasteiger partial charge in [0.05, 0.1) is 12.2 Å². The molecule has 0 aromatic rings. The number of piperidine rings is 1. The van der Waals surface area contributed by atoms with Crippen LogP contribution in [-0.4, -0.2) is 60.8 Å². The van der Waals surface area contributed by atoms with Gasteiger partial charge in [-0.3, -0.25) is 0 Å². The molecule has 0 radical (unpaired) electrons. The number of hydrogen-bond donors (Lipinski definition) is 1. The molecule has 0 amide bonds. The maximum atomic E-state index is 9.36. The maximum Gasteiger partial charge on any atom is 0.0639 e. The first kappa shape index (κ1) is 15.4. The molecule has 1 saturated heterocycles. The first-order chi connectivity index (χ1) is 8.61. The third kappa shape index (κ3) is 6.34. The highest BCUT2D eigenvalue weighted by molar-refractivity contribution is 4.76. The molecule has 0 bridgehead atoms. The average molecular weight is 253 g/mol. The zero-order valence-electron chi connectivity index (χ0n) is 11.8. The highest BCUT2D eigenvalue weighted by Gasteiger charge is 2.20. The lowest BCUT2D eigenvalue weighted by atomic mass is 9.96. The summed E-state index contributed by atoms with van der Waals surface area (Å²) in [6.07, 6.45) is 3.89. The van der Waals surface area contributed by atoms with Gasteiger partial charge >= 0.3 is 0 Å². The van der Waals surface area contributed by atoms with Crippen LogP contribution in [0.2, 0.25) is 0 Å². The largest absolute Gasteiger partial charge is 0.392 e. The van der Waals surface area contributed by atoms with Gasteiger partial charge < -0.3 is 14.9 Å². The Morgan fingerprint density at radius 3 is 2.67 bits per heavy atom. The standard InChI is InChI=1S/C14H27N3O/c1-13(18)11-17-9-5-14(6-10-17)12-16(2)8-4-3-7-15/h13-14,18H,3-6,8-12H2,1-2H3/t13-/m0/s1. The molecule has 1 rings (SSSR count). The van der Waals surface area contributed by atoms with Crippen molar-refractivity contribution in [3.8, 4) is 6.07 Å². The predicted molar refractivity (Wildman–Crippen MR) is 73.2 cm³/mol. The summed E-state index contributed by atoms with van der Waals surface area (Å²) in [5, 5.41) is 17.9. The Morgan fingerprint density at radius 2 is 2.11 bits per heavy atom. The Morgan fingerprint density at radius 1 is 1.44 bits per heavy atom. The van der Waals surface area contributed by atoms with Gasteiger partial charge in [-0.25, -0.2) is 0 Å². The van der Waals surface area contributed by atoms with Crippen molar-refractivity contribution < 1.29 is 5.11 Å². The quantitative estimate of drug-likeness (QED) is 0.695. The van der Waals surface area contributed by atoms with Crippen molar-refractivity contribution >= 4 is 0 Å². The van der Waals surface area contributed by atoms with E-state index in [1.165, 1.54) is 12.8 Å². The van der Waals surface area contributed by atoms with Crippen LogP contribution in [0.1, 0.15) is 32.6 Å². The lowest BCUT2D eigenvalue weighted by molar-refractivity contribution is 0.0925. The average Bonchev–Trinajstić information content (AvgIpc) is 2.31. The zero-order chi connectivity index (χ0) is 13.4. The van der Waals surface area contributed by atoms with Gasteiger partial charge in [0.15, 0.2) is 0 Å². The number of hydrogen-bond acceptors (Lipinski definition) is 4. The highest BCUT2D eigenvalue weighted by Crippen LogP contribution is 2.18. The normalized spacial score (nSPS) is 19.9. The first-order valence-corrected chi connectivity index (χ1v) is 7.07. The minimum absolute atomic E-state index is 0.213. The Hall–Kier alpha value is -0.630. The second-order valence-corrected chi connectivity index (χ2v) is 5.62. The van der Waals surface area contributed by atoms with Crippen molar-refractivity contribution in [3.05, 3.63) is 0 Å². The first-order valence-electron chi connectivity index (χ1n) is 7.07. The number of nitriles is 1. The summed E-state index contributed by atoms with van der Waals surface area (Å²) >= 11 is 0. The van der Waals surface area contributed by atoms with E-state index in [4.69, 9.17) is 5.26 Å². The number of nitrogens with zero attached hydrogens (tertiary/aromatic N) is 3. The van der Waals surface area contributed by atoms with Crippen molar-refractivity contribution in [1.29, 1.82) is 5.26 Å². The van der Waals surface area contributed by atoms with E-state index in [0.717, 1.165) is 45.1 Å². The lowest BCUT2D eigenvalue weighted by Crippen LogP contribution is -2.40. The topological polar surface area (TPSA) is 50.5 Å². The van der Waals surface area contributed by atoms with Crippen molar-refractivity contribution in [2.45, 2.75) is 38.7 Å². The summed E-state index contributed by atoms with van der Waals surface area (Å²) in [5.74, 6) is 0.780. The Labute approximate surface area is 111 Å². The molecule has 0 aromatic heterocycles. The Bertz CT molecular complexity index is 254. The second-order valence-electron chi connectivity index (χ2n) is 5.62. The molecule has 0 unspecified atom stereocenters. The van der Waals surface area contributed by atoms with Crippen LogP contribution in [0.4, 0.5) is 0 Å². The van der Waals surface area contributed by atoms with Crippen molar-refractivity contribution in [2.24, 2.45) is 5.92 Å². The SMILES string of the molecule is C[C@H](O)CN1CCC(CN(C)CCCC#N)CC1. The minimum atomic E-state index is -0.213. The molecule has 104 valence electrons. The van der Waals surface area contributed by atoms with Crippen LogP contribution in [0.3, 0.4) is 0 Å². The number of likely N-dealkylation sites (tertiary alicyclic amines) is 1. The fourth-order valence-corrected chi connectivity index (χ4v) is 2.69. The number of aliphatic hydroxyl groups is 1. The van der Waals surface area contributed by atoms with E-state index in [-0.39, 0.29) is 6.10 Å². The molecule has 0 saturated carbocycles. The van der Waals surface area contributed by atoms with Crippen LogP contribution < -0.4 is 0 Å². The van der Waals surface area contributed by atoms with Crippen molar-refractivity contribution in [1.82, 2.24) is 9.80 Å². The van der Waals surface area contributed by atoms with Gasteiger partial charge in [0.25, 0.3) is 0 Å². The van der Waals surface area contributed by atoms with Gasteiger partial charge in [0, 0.05) is 19.5 Å². The smallest absolute Gasteiger partial charge is 0.0639 e. The van der Waals surface area contributed by atoms with E-state index < -0.39 is 0 Å². The van der Waals surface area contributed by atoms with Gasteiger partial charge in [-0.2, -0.15) is 5.26 Å². The van der Waals surface area contributed by atoms with E-state index in [9.17, 15) is 5.11 Å². The summed E-state index contributed by atoms with van der Waals surface area (Å²) in [5.41, 5.74) is 0. The van der Waals surface area contributed by atoms with Gasteiger partial charge in [-0.1, -0.05) is 0 Å². The van der Waals surface area contributed by atoms with Crippen LogP contribution in [0.25, 0.3) is 0 Å². The van der Waals surface area contributed by atoms with Gasteiger partial charge in [-0.05, 0) is 58.8 Å². The fourth-order valence-electron chi connectivity index (χ4n) is 2.69. The number of β-amino-alcohol motifs (C(OH)–C–C–N with tert-alkyl or cyclic N) is 1. The van der Waals surface area contributed by atoms with Crippen LogP contribution in [0.15, 0.2) is 0 Å². The van der Waals surface area contributed by atoms with E-state index in [1.54, 1.807) is 0 Å². The molecule has 4 nitrogen and oxygen atoms in total. The predicted octanol–water partition coefficient (Wildman–Crippen LogP) is 1.31. The van der Waals surface area contributed by atoms with E-state index in [2.05, 4.69) is 22.9 Å². The number of rotatable bonds is 7. The molecule has 1 N–H and O–H groups in total. The maximum absolute atomic E-state index is 9.36. The van der Waals surface area contributed by atoms with Crippen LogP contribution in [-0.2, 0) is 0 Å². The Kier molecular flexibility index (Phi) is 7.26. The third-order valence-corrected chi connectivity index (χ3v) is 3.63. The molecular formula is C14H27N3O. The molecule has 1 atom stereocenters. The van der Waals surface area contributed by atoms with Gasteiger partial charge in [0.1, 0.15) is 0 Å². The summed E-state index contributed by atoms with van der Waals surface area (Å²) < 4.78 is 0. The second kappa shape index (κ2) is 8.47. The molecule has 1 aliphatic rings. The minimum Gasteiger partial charge on any atom is -0.392 e. The van der Waals surface area contributed by atoms with Gasteiger partial charge in [-0.15, -0.1) is 0 Å². The van der Waals surface area contributed by atoms with Crippen LogP contribution in [0, 0.1) is 17.2 Å². The molecule has 4 heteroatoms. The molecule has 0 spiro atoms. The van der Waals surface area contributed by atoms with E-state index >= 15 is 0 Å². The lowest BCUT2D eigenvalue weighted by Gasteiger charge is -2.34. The number of unbranched alkanes of at least 4 members (excludes halogenated alkanes) is 1. The number of aliphatic hydroxyl groups excluding tert-OH is 1. The summed E-state index contributed by atoms with van der Waals surface area (Å²) in [6.45, 7) is 7.07. The van der Waals surface area contributed by atoms with Crippen LogP contribution >= 0.6 is 0 Å². The van der Waals surface area contributed by atoms with E-state index in [1.807, 2.05) is 6.92 Å². The van der Waals surface area contributed by atoms with Gasteiger partial charge in [0.2, 0.25) is 0 Å². The molecule has 0 aromatic carbocycles. The molecule has 18 heavy (non-hydrogen) atoms. The summed E-state index contributed by atoms with van der Waals surface area (Å²) in [7, 11) is 2.15.